The smallest absolute Gasteiger partial charge is 0.213 e. The van der Waals surface area contributed by atoms with E-state index in [9.17, 15) is 0 Å². The molecule has 2 heterocycles. The van der Waals surface area contributed by atoms with Gasteiger partial charge in [-0.15, -0.1) is 0 Å². The number of piperidine rings is 1. The molecule has 1 fully saturated rings. The summed E-state index contributed by atoms with van der Waals surface area (Å²) in [6.45, 7) is 1.74. The van der Waals surface area contributed by atoms with Crippen LogP contribution in [-0.4, -0.2) is 23.5 Å². The van der Waals surface area contributed by atoms with Crippen LogP contribution in [0, 0.1) is 0 Å². The molecule has 0 aliphatic carbocycles. The van der Waals surface area contributed by atoms with Crippen molar-refractivity contribution >= 4 is 0 Å². The summed E-state index contributed by atoms with van der Waals surface area (Å²) in [6, 6.07) is 14.8. The van der Waals surface area contributed by atoms with Crippen molar-refractivity contribution in [1.82, 2.24) is 9.88 Å². The monoisotopic (exact) mass is 282 g/mol. The lowest BCUT2D eigenvalue weighted by atomic mass is 9.97. The molecule has 21 heavy (non-hydrogen) atoms. The van der Waals surface area contributed by atoms with Crippen LogP contribution >= 0.6 is 0 Å². The van der Waals surface area contributed by atoms with Crippen LogP contribution in [0.4, 0.5) is 0 Å². The zero-order valence-corrected chi connectivity index (χ0v) is 12.5. The first-order valence-electron chi connectivity index (χ1n) is 7.66. The molecule has 3 nitrogen and oxygen atoms in total. The van der Waals surface area contributed by atoms with E-state index in [2.05, 4.69) is 35.1 Å². The first kappa shape index (κ1) is 14.1. The predicted octanol–water partition coefficient (Wildman–Crippen LogP) is 3.82. The summed E-state index contributed by atoms with van der Waals surface area (Å²) in [5.74, 6) is 0.695. The Balaban J connectivity index is 1.61. The number of nitrogens with zero attached hydrogens (tertiary/aromatic N) is 2. The Morgan fingerprint density at radius 2 is 2.00 bits per heavy atom. The van der Waals surface area contributed by atoms with Crippen molar-refractivity contribution in [3.63, 3.8) is 0 Å². The fourth-order valence-corrected chi connectivity index (χ4v) is 2.90. The number of rotatable bonds is 4. The van der Waals surface area contributed by atoms with Gasteiger partial charge in [0.05, 0.1) is 0 Å². The van der Waals surface area contributed by atoms with Crippen molar-refractivity contribution in [3.05, 3.63) is 59.8 Å². The van der Waals surface area contributed by atoms with Crippen LogP contribution in [0.15, 0.2) is 48.7 Å². The highest BCUT2D eigenvalue weighted by Gasteiger charge is 2.20. The largest absolute Gasteiger partial charge is 0.473 e. The minimum Gasteiger partial charge on any atom is -0.473 e. The molecule has 1 aliphatic heterocycles. The minimum absolute atomic E-state index is 0.509. The normalized spacial score (nSPS) is 19.4. The summed E-state index contributed by atoms with van der Waals surface area (Å²) in [5.41, 5.74) is 2.46. The van der Waals surface area contributed by atoms with Crippen molar-refractivity contribution in [2.45, 2.75) is 31.9 Å². The van der Waals surface area contributed by atoms with E-state index in [0.717, 1.165) is 5.56 Å². The van der Waals surface area contributed by atoms with E-state index in [1.807, 2.05) is 30.5 Å². The summed E-state index contributed by atoms with van der Waals surface area (Å²) >= 11 is 0. The highest BCUT2D eigenvalue weighted by atomic mass is 16.5. The third-order valence-electron chi connectivity index (χ3n) is 4.14. The fourth-order valence-electron chi connectivity index (χ4n) is 2.90. The van der Waals surface area contributed by atoms with Gasteiger partial charge in [0, 0.05) is 18.3 Å². The summed E-state index contributed by atoms with van der Waals surface area (Å²) in [6.07, 6.45) is 5.80. The van der Waals surface area contributed by atoms with E-state index in [1.54, 1.807) is 0 Å². The molecule has 110 valence electrons. The average Bonchev–Trinajstić information content (AvgIpc) is 2.55. The van der Waals surface area contributed by atoms with Crippen molar-refractivity contribution in [1.29, 1.82) is 0 Å². The quantitative estimate of drug-likeness (QED) is 0.852. The number of likely N-dealkylation sites (tertiary alicyclic amines) is 1. The SMILES string of the molecule is CN1CCCC[C@@H]1c1ccc(OCc2ccccc2)nc1. The van der Waals surface area contributed by atoms with Crippen LogP contribution in [0.5, 0.6) is 5.88 Å². The van der Waals surface area contributed by atoms with E-state index in [-0.39, 0.29) is 0 Å². The van der Waals surface area contributed by atoms with Gasteiger partial charge in [-0.1, -0.05) is 42.8 Å². The molecule has 1 aliphatic rings. The van der Waals surface area contributed by atoms with Crippen LogP contribution in [-0.2, 0) is 6.61 Å². The Morgan fingerprint density at radius 1 is 1.14 bits per heavy atom. The topological polar surface area (TPSA) is 25.4 Å². The predicted molar refractivity (Wildman–Crippen MR) is 84.2 cm³/mol. The van der Waals surface area contributed by atoms with E-state index in [4.69, 9.17) is 4.74 Å². The second kappa shape index (κ2) is 6.72. The van der Waals surface area contributed by atoms with E-state index in [1.165, 1.54) is 31.4 Å². The summed E-state index contributed by atoms with van der Waals surface area (Å²) < 4.78 is 5.74. The number of hydrogen-bond donors (Lipinski definition) is 0. The van der Waals surface area contributed by atoms with Crippen molar-refractivity contribution in [2.75, 3.05) is 13.6 Å². The molecule has 3 heteroatoms. The van der Waals surface area contributed by atoms with Gasteiger partial charge in [-0.25, -0.2) is 4.98 Å². The summed E-state index contributed by atoms with van der Waals surface area (Å²) in [7, 11) is 2.20. The first-order valence-corrected chi connectivity index (χ1v) is 7.66. The number of benzene rings is 1. The molecule has 0 bridgehead atoms. The maximum atomic E-state index is 5.74. The van der Waals surface area contributed by atoms with Crippen LogP contribution in [0.1, 0.15) is 36.4 Å². The Hall–Kier alpha value is -1.87. The van der Waals surface area contributed by atoms with E-state index in [0.29, 0.717) is 18.5 Å². The van der Waals surface area contributed by atoms with Crippen molar-refractivity contribution < 1.29 is 4.74 Å². The lowest BCUT2D eigenvalue weighted by Crippen LogP contribution is -2.29. The molecule has 0 unspecified atom stereocenters. The van der Waals surface area contributed by atoms with Gasteiger partial charge >= 0.3 is 0 Å². The zero-order valence-electron chi connectivity index (χ0n) is 12.5. The number of pyridine rings is 1. The first-order chi connectivity index (χ1) is 10.3. The Labute approximate surface area is 126 Å². The van der Waals surface area contributed by atoms with E-state index < -0.39 is 0 Å². The standard InChI is InChI=1S/C18H22N2O/c1-20-12-6-5-9-17(20)16-10-11-18(19-13-16)21-14-15-7-3-2-4-8-15/h2-4,7-8,10-11,13,17H,5-6,9,12,14H2,1H3/t17-/m1/s1. The third-order valence-corrected chi connectivity index (χ3v) is 4.14. The van der Waals surface area contributed by atoms with Gasteiger partial charge in [0.1, 0.15) is 6.61 Å². The van der Waals surface area contributed by atoms with Crippen LogP contribution in [0.25, 0.3) is 0 Å². The van der Waals surface area contributed by atoms with Gasteiger partial charge < -0.3 is 4.74 Å². The molecule has 0 N–H and O–H groups in total. The second-order valence-electron chi connectivity index (χ2n) is 5.70. The fraction of sp³-hybridized carbons (Fsp3) is 0.389. The summed E-state index contributed by atoms with van der Waals surface area (Å²) in [4.78, 5) is 6.88. The minimum atomic E-state index is 0.509. The molecule has 0 amide bonds. The van der Waals surface area contributed by atoms with Crippen molar-refractivity contribution in [3.8, 4) is 5.88 Å². The van der Waals surface area contributed by atoms with Crippen LogP contribution < -0.4 is 4.74 Å². The molecule has 0 saturated carbocycles. The molecular formula is C18H22N2O. The molecule has 1 aromatic carbocycles. The molecule has 1 aromatic heterocycles. The second-order valence-corrected chi connectivity index (χ2v) is 5.70. The molecule has 1 saturated heterocycles. The Bertz CT molecular complexity index is 553. The molecule has 0 radical (unpaired) electrons. The zero-order chi connectivity index (χ0) is 14.5. The lowest BCUT2D eigenvalue weighted by molar-refractivity contribution is 0.187. The van der Waals surface area contributed by atoms with Gasteiger partial charge in [-0.3, -0.25) is 4.90 Å². The van der Waals surface area contributed by atoms with Crippen LogP contribution in [0.3, 0.4) is 0 Å². The molecular weight excluding hydrogens is 260 g/mol. The van der Waals surface area contributed by atoms with E-state index >= 15 is 0 Å². The Morgan fingerprint density at radius 3 is 2.71 bits per heavy atom. The highest BCUT2D eigenvalue weighted by Crippen LogP contribution is 2.29. The van der Waals surface area contributed by atoms with Crippen molar-refractivity contribution in [2.24, 2.45) is 0 Å². The maximum absolute atomic E-state index is 5.74. The number of ether oxygens (including phenoxy) is 1. The maximum Gasteiger partial charge on any atom is 0.213 e. The number of hydrogen-bond acceptors (Lipinski definition) is 3. The van der Waals surface area contributed by atoms with Gasteiger partial charge in [0.25, 0.3) is 0 Å². The Kier molecular flexibility index (Phi) is 4.51. The summed E-state index contributed by atoms with van der Waals surface area (Å²) in [5, 5.41) is 0. The molecule has 1 atom stereocenters. The highest BCUT2D eigenvalue weighted by molar-refractivity contribution is 5.22. The van der Waals surface area contributed by atoms with Crippen LogP contribution in [0.2, 0.25) is 0 Å². The van der Waals surface area contributed by atoms with Gasteiger partial charge in [-0.05, 0) is 37.6 Å². The molecule has 0 spiro atoms. The molecule has 2 aromatic rings. The van der Waals surface area contributed by atoms with Gasteiger partial charge in [-0.2, -0.15) is 0 Å². The molecule has 3 rings (SSSR count). The average molecular weight is 282 g/mol. The number of aromatic nitrogens is 1. The van der Waals surface area contributed by atoms with Gasteiger partial charge in [0.15, 0.2) is 0 Å². The third kappa shape index (κ3) is 3.61. The van der Waals surface area contributed by atoms with Gasteiger partial charge in [0.2, 0.25) is 5.88 Å². The lowest BCUT2D eigenvalue weighted by Gasteiger charge is -2.32.